The molecular formula is C22H15N3O7. The number of carbonyl (C=O) groups excluding carboxylic acids is 2. The van der Waals surface area contributed by atoms with Gasteiger partial charge >= 0.3 is 11.9 Å². The number of hydrazone groups is 1. The molecule has 0 atom stereocenters. The predicted molar refractivity (Wildman–Crippen MR) is 113 cm³/mol. The Kier molecular flexibility index (Phi) is 5.49. The molecule has 1 N–H and O–H groups in total. The lowest BCUT2D eigenvalue weighted by Gasteiger charge is -2.00. The van der Waals surface area contributed by atoms with Crippen molar-refractivity contribution in [3.63, 3.8) is 0 Å². The van der Waals surface area contributed by atoms with Gasteiger partial charge in [0.15, 0.2) is 5.76 Å². The number of rotatable bonds is 6. The maximum Gasteiger partial charge on any atom is 0.337 e. The molecule has 0 fully saturated rings. The number of carbonyl (C=O) groups is 2. The van der Waals surface area contributed by atoms with Gasteiger partial charge in [0.2, 0.25) is 0 Å². The number of furan rings is 2. The molecule has 0 aliphatic heterocycles. The van der Waals surface area contributed by atoms with E-state index < -0.39 is 16.8 Å². The molecule has 2 aromatic heterocycles. The van der Waals surface area contributed by atoms with Gasteiger partial charge in [-0.3, -0.25) is 14.9 Å². The zero-order valence-corrected chi connectivity index (χ0v) is 16.6. The fourth-order valence-electron chi connectivity index (χ4n) is 2.93. The van der Waals surface area contributed by atoms with Crippen LogP contribution in [0.4, 0.5) is 5.69 Å². The van der Waals surface area contributed by atoms with Crippen molar-refractivity contribution in [3.8, 4) is 11.3 Å². The van der Waals surface area contributed by atoms with E-state index in [2.05, 4.69) is 15.3 Å². The van der Waals surface area contributed by atoms with Gasteiger partial charge in [-0.25, -0.2) is 10.2 Å². The van der Waals surface area contributed by atoms with E-state index in [-0.39, 0.29) is 11.4 Å². The van der Waals surface area contributed by atoms with Gasteiger partial charge in [0.1, 0.15) is 17.1 Å². The van der Waals surface area contributed by atoms with Gasteiger partial charge in [-0.05, 0) is 36.4 Å². The number of ether oxygens (including phenoxy) is 1. The minimum atomic E-state index is -0.620. The van der Waals surface area contributed by atoms with E-state index in [1.165, 1.54) is 37.6 Å². The van der Waals surface area contributed by atoms with Crippen molar-refractivity contribution in [3.05, 3.63) is 87.9 Å². The third kappa shape index (κ3) is 4.24. The van der Waals surface area contributed by atoms with E-state index in [0.29, 0.717) is 28.1 Å². The fourth-order valence-corrected chi connectivity index (χ4v) is 2.93. The van der Waals surface area contributed by atoms with Gasteiger partial charge in [0.25, 0.3) is 5.69 Å². The summed E-state index contributed by atoms with van der Waals surface area (Å²) in [6.07, 6.45) is 1.32. The van der Waals surface area contributed by atoms with E-state index >= 15 is 0 Å². The Morgan fingerprint density at radius 2 is 1.84 bits per heavy atom. The third-order valence-corrected chi connectivity index (χ3v) is 4.51. The fraction of sp³-hybridized carbons (Fsp3) is 0.0455. The van der Waals surface area contributed by atoms with Crippen LogP contribution in [0.1, 0.15) is 26.7 Å². The van der Waals surface area contributed by atoms with Crippen molar-refractivity contribution >= 4 is 34.7 Å². The molecule has 160 valence electrons. The van der Waals surface area contributed by atoms with Crippen LogP contribution >= 0.6 is 0 Å². The standard InChI is InChI=1S/C22H15N3O7/c1-30-22(27)14-4-2-13(3-5-14)18-9-7-17(31-18)12-23-24-21(26)20-11-15-10-16(25(28)29)6-8-19(15)32-20/h2-12H,1H3,(H,24,26)/b23-12-. The van der Waals surface area contributed by atoms with Gasteiger partial charge in [-0.1, -0.05) is 12.1 Å². The number of hydrogen-bond acceptors (Lipinski definition) is 8. The minimum absolute atomic E-state index is 0.0384. The molecule has 0 aliphatic rings. The van der Waals surface area contributed by atoms with E-state index in [0.717, 1.165) is 5.56 Å². The highest BCUT2D eigenvalue weighted by Crippen LogP contribution is 2.24. The zero-order chi connectivity index (χ0) is 22.7. The predicted octanol–water partition coefficient (Wildman–Crippen LogP) is 4.15. The lowest BCUT2D eigenvalue weighted by atomic mass is 10.1. The van der Waals surface area contributed by atoms with Crippen LogP contribution in [-0.4, -0.2) is 30.1 Å². The number of nitrogens with one attached hydrogen (secondary N) is 1. The molecule has 4 rings (SSSR count). The topological polar surface area (TPSA) is 137 Å². The normalized spacial score (nSPS) is 11.0. The molecule has 2 heterocycles. The second-order valence-corrected chi connectivity index (χ2v) is 6.56. The van der Waals surface area contributed by atoms with Crippen LogP contribution in [0.2, 0.25) is 0 Å². The van der Waals surface area contributed by atoms with Crippen LogP contribution in [0.15, 0.2) is 74.6 Å². The number of nitro groups is 1. The number of nitro benzene ring substituents is 1. The molecule has 0 aliphatic carbocycles. The summed E-state index contributed by atoms with van der Waals surface area (Å²) >= 11 is 0. The number of fused-ring (bicyclic) bond motifs is 1. The molecule has 10 nitrogen and oxygen atoms in total. The number of esters is 1. The molecule has 2 aromatic carbocycles. The maximum atomic E-state index is 12.2. The summed E-state index contributed by atoms with van der Waals surface area (Å²) in [5.41, 5.74) is 3.73. The van der Waals surface area contributed by atoms with Crippen LogP contribution in [0.3, 0.4) is 0 Å². The van der Waals surface area contributed by atoms with E-state index in [9.17, 15) is 19.7 Å². The Hall–Kier alpha value is -4.73. The van der Waals surface area contributed by atoms with Gasteiger partial charge in [0.05, 0.1) is 23.8 Å². The van der Waals surface area contributed by atoms with Gasteiger partial charge < -0.3 is 13.6 Å². The number of hydrogen-bond donors (Lipinski definition) is 1. The van der Waals surface area contributed by atoms with Gasteiger partial charge in [-0.15, -0.1) is 0 Å². The van der Waals surface area contributed by atoms with Crippen LogP contribution in [0.5, 0.6) is 0 Å². The lowest BCUT2D eigenvalue weighted by molar-refractivity contribution is -0.384. The molecule has 0 saturated carbocycles. The maximum absolute atomic E-state index is 12.2. The van der Waals surface area contributed by atoms with Gasteiger partial charge in [-0.2, -0.15) is 5.10 Å². The number of benzene rings is 2. The third-order valence-electron chi connectivity index (χ3n) is 4.51. The summed E-state index contributed by atoms with van der Waals surface area (Å²) in [6.45, 7) is 0. The van der Waals surface area contributed by atoms with Crippen LogP contribution in [0.25, 0.3) is 22.3 Å². The Morgan fingerprint density at radius 3 is 2.56 bits per heavy atom. The highest BCUT2D eigenvalue weighted by Gasteiger charge is 2.14. The Bertz CT molecular complexity index is 1350. The molecule has 32 heavy (non-hydrogen) atoms. The molecule has 10 heteroatoms. The Balaban J connectivity index is 1.41. The number of non-ortho nitro benzene ring substituents is 1. The van der Waals surface area contributed by atoms with E-state index in [4.69, 9.17) is 8.83 Å². The lowest BCUT2D eigenvalue weighted by Crippen LogP contribution is -2.16. The first-order chi connectivity index (χ1) is 15.4. The molecular weight excluding hydrogens is 418 g/mol. The molecule has 0 saturated heterocycles. The number of amides is 1. The highest BCUT2D eigenvalue weighted by molar-refractivity contribution is 5.97. The molecule has 4 aromatic rings. The van der Waals surface area contributed by atoms with Crippen molar-refractivity contribution in [2.24, 2.45) is 5.10 Å². The summed E-state index contributed by atoms with van der Waals surface area (Å²) < 4.78 is 15.7. The zero-order valence-electron chi connectivity index (χ0n) is 16.6. The van der Waals surface area contributed by atoms with Crippen LogP contribution in [-0.2, 0) is 4.74 Å². The monoisotopic (exact) mass is 433 g/mol. The van der Waals surface area contributed by atoms with Crippen molar-refractivity contribution in [2.75, 3.05) is 7.11 Å². The number of nitrogens with zero attached hydrogens (tertiary/aromatic N) is 2. The Labute approximate surface area is 180 Å². The van der Waals surface area contributed by atoms with Crippen molar-refractivity contribution in [1.29, 1.82) is 0 Å². The van der Waals surface area contributed by atoms with Crippen molar-refractivity contribution in [1.82, 2.24) is 5.43 Å². The summed E-state index contributed by atoms with van der Waals surface area (Å²) in [5, 5.41) is 15.1. The van der Waals surface area contributed by atoms with Crippen molar-refractivity contribution in [2.45, 2.75) is 0 Å². The SMILES string of the molecule is COC(=O)c1ccc(-c2ccc(/C=N\NC(=O)c3cc4cc([N+](=O)[O-])ccc4o3)o2)cc1. The molecule has 0 spiro atoms. The summed E-state index contributed by atoms with van der Waals surface area (Å²) in [7, 11) is 1.31. The summed E-state index contributed by atoms with van der Waals surface area (Å²) in [6, 6.07) is 15.5. The van der Waals surface area contributed by atoms with E-state index in [1.54, 1.807) is 36.4 Å². The van der Waals surface area contributed by atoms with Gasteiger partial charge in [0, 0.05) is 23.1 Å². The smallest absolute Gasteiger partial charge is 0.337 e. The highest BCUT2D eigenvalue weighted by atomic mass is 16.6. The first kappa shape index (κ1) is 20.5. The van der Waals surface area contributed by atoms with Crippen LogP contribution < -0.4 is 5.43 Å². The summed E-state index contributed by atoms with van der Waals surface area (Å²) in [4.78, 5) is 34.1. The summed E-state index contributed by atoms with van der Waals surface area (Å²) in [5.74, 6) is -0.151. The second-order valence-electron chi connectivity index (χ2n) is 6.56. The molecule has 0 unspecified atom stereocenters. The average Bonchev–Trinajstić information content (AvgIpc) is 3.45. The first-order valence-electron chi connectivity index (χ1n) is 9.24. The van der Waals surface area contributed by atoms with Crippen molar-refractivity contribution < 1.29 is 28.1 Å². The Morgan fingerprint density at radius 1 is 1.06 bits per heavy atom. The average molecular weight is 433 g/mol. The first-order valence-corrected chi connectivity index (χ1v) is 9.24. The van der Waals surface area contributed by atoms with E-state index in [1.807, 2.05) is 0 Å². The molecule has 0 bridgehead atoms. The molecule has 0 radical (unpaired) electrons. The minimum Gasteiger partial charge on any atom is -0.465 e. The van der Waals surface area contributed by atoms with Crippen LogP contribution in [0, 0.1) is 10.1 Å². The largest absolute Gasteiger partial charge is 0.465 e. The number of methoxy groups -OCH3 is 1. The second kappa shape index (κ2) is 8.56. The molecule has 1 amide bonds. The quantitative estimate of drug-likeness (QED) is 0.209.